The van der Waals surface area contributed by atoms with E-state index < -0.39 is 0 Å². The first-order valence-electron chi connectivity index (χ1n) is 8.02. The van der Waals surface area contributed by atoms with Gasteiger partial charge in [0.1, 0.15) is 0 Å². The third-order valence-electron chi connectivity index (χ3n) is 4.60. The van der Waals surface area contributed by atoms with E-state index in [-0.39, 0.29) is 0 Å². The summed E-state index contributed by atoms with van der Waals surface area (Å²) >= 11 is 0. The van der Waals surface area contributed by atoms with Crippen molar-refractivity contribution in [1.29, 1.82) is 0 Å². The molecular formula is C17H26N2O. The van der Waals surface area contributed by atoms with E-state index in [0.717, 1.165) is 19.6 Å². The number of hydrogen-bond acceptors (Lipinski definition) is 3. The van der Waals surface area contributed by atoms with Crippen molar-refractivity contribution in [3.63, 3.8) is 0 Å². The highest BCUT2D eigenvalue weighted by atomic mass is 16.5. The van der Waals surface area contributed by atoms with E-state index in [0.29, 0.717) is 12.1 Å². The highest BCUT2D eigenvalue weighted by molar-refractivity contribution is 5.47. The summed E-state index contributed by atoms with van der Waals surface area (Å²) < 4.78 is 5.58. The number of hydrogen-bond donors (Lipinski definition) is 1. The predicted molar refractivity (Wildman–Crippen MR) is 83.2 cm³/mol. The number of nitrogens with one attached hydrogen (secondary N) is 1. The minimum Gasteiger partial charge on any atom is -0.377 e. The van der Waals surface area contributed by atoms with Gasteiger partial charge in [0.05, 0.1) is 6.10 Å². The Morgan fingerprint density at radius 2 is 1.90 bits per heavy atom. The Bertz CT molecular complexity index is 412. The van der Waals surface area contributed by atoms with Gasteiger partial charge in [-0.25, -0.2) is 0 Å². The number of piperidine rings is 1. The van der Waals surface area contributed by atoms with Crippen LogP contribution >= 0.6 is 0 Å². The van der Waals surface area contributed by atoms with Crippen LogP contribution in [-0.2, 0) is 11.3 Å². The molecule has 2 aliphatic rings. The molecule has 2 unspecified atom stereocenters. The molecule has 2 heterocycles. The normalized spacial score (nSPS) is 26.9. The molecule has 1 aromatic rings. The molecule has 110 valence electrons. The molecule has 0 radical (unpaired) electrons. The molecule has 2 atom stereocenters. The fraction of sp³-hybridized carbons (Fsp3) is 0.647. The molecule has 0 aromatic heterocycles. The molecule has 20 heavy (non-hydrogen) atoms. The fourth-order valence-corrected chi connectivity index (χ4v) is 3.23. The van der Waals surface area contributed by atoms with Crippen molar-refractivity contribution in [3.05, 3.63) is 29.8 Å². The largest absolute Gasteiger partial charge is 0.377 e. The van der Waals surface area contributed by atoms with E-state index in [1.54, 1.807) is 0 Å². The van der Waals surface area contributed by atoms with Crippen molar-refractivity contribution >= 4 is 5.69 Å². The van der Waals surface area contributed by atoms with Crippen molar-refractivity contribution in [2.24, 2.45) is 0 Å². The Morgan fingerprint density at radius 1 is 1.15 bits per heavy atom. The van der Waals surface area contributed by atoms with Crippen LogP contribution in [0, 0.1) is 0 Å². The Kier molecular flexibility index (Phi) is 4.58. The van der Waals surface area contributed by atoms with Gasteiger partial charge < -0.3 is 15.0 Å². The Balaban J connectivity index is 1.53. The SMILES string of the molecule is CC1OCCC1NCc1ccc(N2CCCCC2)cc1. The minimum atomic E-state index is 0.350. The third-order valence-corrected chi connectivity index (χ3v) is 4.60. The van der Waals surface area contributed by atoms with Crippen LogP contribution in [0.3, 0.4) is 0 Å². The second-order valence-electron chi connectivity index (χ2n) is 6.07. The van der Waals surface area contributed by atoms with E-state index in [4.69, 9.17) is 4.74 Å². The van der Waals surface area contributed by atoms with E-state index in [1.165, 1.54) is 43.6 Å². The van der Waals surface area contributed by atoms with Crippen LogP contribution in [0.4, 0.5) is 5.69 Å². The lowest BCUT2D eigenvalue weighted by Gasteiger charge is -2.29. The van der Waals surface area contributed by atoms with Gasteiger partial charge in [0.2, 0.25) is 0 Å². The monoisotopic (exact) mass is 274 g/mol. The smallest absolute Gasteiger partial charge is 0.0700 e. The summed E-state index contributed by atoms with van der Waals surface area (Å²) in [6, 6.07) is 9.58. The van der Waals surface area contributed by atoms with Gasteiger partial charge in [-0.15, -0.1) is 0 Å². The molecule has 3 heteroatoms. The lowest BCUT2D eigenvalue weighted by atomic mass is 10.1. The molecular weight excluding hydrogens is 248 g/mol. The summed E-state index contributed by atoms with van der Waals surface area (Å²) in [4.78, 5) is 2.51. The number of benzene rings is 1. The lowest BCUT2D eigenvalue weighted by molar-refractivity contribution is 0.113. The van der Waals surface area contributed by atoms with Gasteiger partial charge in [-0.1, -0.05) is 12.1 Å². The molecule has 0 saturated carbocycles. The van der Waals surface area contributed by atoms with Crippen molar-refractivity contribution in [2.75, 3.05) is 24.6 Å². The topological polar surface area (TPSA) is 24.5 Å². The first-order chi connectivity index (χ1) is 9.83. The summed E-state index contributed by atoms with van der Waals surface area (Å²) in [6.07, 6.45) is 5.54. The highest BCUT2D eigenvalue weighted by Gasteiger charge is 2.23. The number of ether oxygens (including phenoxy) is 1. The molecule has 3 nitrogen and oxygen atoms in total. The molecule has 3 rings (SSSR count). The van der Waals surface area contributed by atoms with Crippen LogP contribution in [-0.4, -0.2) is 31.8 Å². The van der Waals surface area contributed by atoms with E-state index in [9.17, 15) is 0 Å². The van der Waals surface area contributed by atoms with Crippen LogP contribution < -0.4 is 10.2 Å². The second kappa shape index (κ2) is 6.59. The van der Waals surface area contributed by atoms with Gasteiger partial charge in [-0.2, -0.15) is 0 Å². The average molecular weight is 274 g/mol. The molecule has 2 saturated heterocycles. The molecule has 0 bridgehead atoms. The Labute approximate surface area is 122 Å². The summed E-state index contributed by atoms with van der Waals surface area (Å²) in [5.41, 5.74) is 2.75. The van der Waals surface area contributed by atoms with Crippen molar-refractivity contribution in [3.8, 4) is 0 Å². The first-order valence-corrected chi connectivity index (χ1v) is 8.02. The number of anilines is 1. The van der Waals surface area contributed by atoms with E-state index in [1.807, 2.05) is 0 Å². The summed E-state index contributed by atoms with van der Waals surface area (Å²) in [7, 11) is 0. The average Bonchev–Trinajstić information content (AvgIpc) is 2.92. The molecule has 2 fully saturated rings. The first kappa shape index (κ1) is 13.9. The van der Waals surface area contributed by atoms with E-state index >= 15 is 0 Å². The molecule has 0 spiro atoms. The molecule has 1 N–H and O–H groups in total. The second-order valence-corrected chi connectivity index (χ2v) is 6.07. The zero-order valence-corrected chi connectivity index (χ0v) is 12.5. The van der Waals surface area contributed by atoms with Crippen molar-refractivity contribution in [1.82, 2.24) is 5.32 Å². The highest BCUT2D eigenvalue weighted by Crippen LogP contribution is 2.20. The van der Waals surface area contributed by atoms with Gasteiger partial charge in [-0.05, 0) is 50.3 Å². The van der Waals surface area contributed by atoms with Crippen LogP contribution in [0.5, 0.6) is 0 Å². The number of nitrogens with zero attached hydrogens (tertiary/aromatic N) is 1. The maximum Gasteiger partial charge on any atom is 0.0700 e. The standard InChI is InChI=1S/C17H26N2O/c1-14-17(9-12-20-14)18-13-15-5-7-16(8-6-15)19-10-3-2-4-11-19/h5-8,14,17-18H,2-4,9-13H2,1H3. The maximum absolute atomic E-state index is 5.58. The molecule has 0 aliphatic carbocycles. The molecule has 0 amide bonds. The molecule has 1 aromatic carbocycles. The van der Waals surface area contributed by atoms with Crippen LogP contribution in [0.1, 0.15) is 38.2 Å². The van der Waals surface area contributed by atoms with Gasteiger partial charge >= 0.3 is 0 Å². The quantitative estimate of drug-likeness (QED) is 0.913. The molecule has 2 aliphatic heterocycles. The van der Waals surface area contributed by atoms with Crippen LogP contribution in [0.2, 0.25) is 0 Å². The third kappa shape index (κ3) is 3.33. The van der Waals surface area contributed by atoms with Crippen molar-refractivity contribution in [2.45, 2.75) is 51.3 Å². The fourth-order valence-electron chi connectivity index (χ4n) is 3.23. The lowest BCUT2D eigenvalue weighted by Crippen LogP contribution is -2.34. The summed E-state index contributed by atoms with van der Waals surface area (Å²) in [5, 5.41) is 3.61. The van der Waals surface area contributed by atoms with Crippen molar-refractivity contribution < 1.29 is 4.74 Å². The zero-order valence-electron chi connectivity index (χ0n) is 12.5. The van der Waals surface area contributed by atoms with Crippen LogP contribution in [0.15, 0.2) is 24.3 Å². The summed E-state index contributed by atoms with van der Waals surface area (Å²) in [5.74, 6) is 0. The van der Waals surface area contributed by atoms with E-state index in [2.05, 4.69) is 41.4 Å². The van der Waals surface area contributed by atoms with Gasteiger partial charge in [0.25, 0.3) is 0 Å². The van der Waals surface area contributed by atoms with Gasteiger partial charge in [0, 0.05) is 38.0 Å². The minimum absolute atomic E-state index is 0.350. The Hall–Kier alpha value is -1.06. The predicted octanol–water partition coefficient (Wildman–Crippen LogP) is 2.94. The van der Waals surface area contributed by atoms with Gasteiger partial charge in [-0.3, -0.25) is 0 Å². The van der Waals surface area contributed by atoms with Gasteiger partial charge in [0.15, 0.2) is 0 Å². The number of rotatable bonds is 4. The summed E-state index contributed by atoms with van der Waals surface area (Å²) in [6.45, 7) is 6.43. The van der Waals surface area contributed by atoms with Crippen LogP contribution in [0.25, 0.3) is 0 Å². The maximum atomic E-state index is 5.58. The zero-order chi connectivity index (χ0) is 13.8. The Morgan fingerprint density at radius 3 is 2.55 bits per heavy atom.